The van der Waals surface area contributed by atoms with Crippen LogP contribution in [0.5, 0.6) is 5.75 Å². The van der Waals surface area contributed by atoms with Crippen LogP contribution < -0.4 is 4.74 Å². The van der Waals surface area contributed by atoms with Crippen LogP contribution in [-0.2, 0) is 11.2 Å². The molecule has 0 spiro atoms. The quantitative estimate of drug-likeness (QED) is 0.789. The van der Waals surface area contributed by atoms with Gasteiger partial charge in [0.05, 0.1) is 19.3 Å². The number of hydrogen-bond donors (Lipinski definition) is 0. The van der Waals surface area contributed by atoms with E-state index in [2.05, 4.69) is 6.07 Å². The van der Waals surface area contributed by atoms with Gasteiger partial charge < -0.3 is 9.47 Å². The highest BCUT2D eigenvalue weighted by atomic mass is 16.5. The van der Waals surface area contributed by atoms with Gasteiger partial charge in [0.15, 0.2) is 5.78 Å². The van der Waals surface area contributed by atoms with Crippen molar-refractivity contribution in [3.63, 3.8) is 0 Å². The molecule has 130 valence electrons. The van der Waals surface area contributed by atoms with Crippen LogP contribution in [-0.4, -0.2) is 25.1 Å². The lowest BCUT2D eigenvalue weighted by Gasteiger charge is -2.23. The molecule has 2 heterocycles. The zero-order valence-corrected chi connectivity index (χ0v) is 14.7. The summed E-state index contributed by atoms with van der Waals surface area (Å²) in [6, 6.07) is 14.2. The summed E-state index contributed by atoms with van der Waals surface area (Å²) < 4.78 is 10.4. The Morgan fingerprint density at radius 1 is 0.960 bits per heavy atom. The van der Waals surface area contributed by atoms with Crippen LogP contribution in [0, 0.1) is 0 Å². The van der Waals surface area contributed by atoms with E-state index < -0.39 is 0 Å². The number of carbonyl (C=O) groups is 1. The van der Waals surface area contributed by atoms with Gasteiger partial charge in [-0.3, -0.25) is 4.79 Å². The van der Waals surface area contributed by atoms with Crippen molar-refractivity contribution in [3.05, 3.63) is 53.6 Å². The number of Topliss-reactive ketones (excluding diaryl/α,β-unsaturated/α-hetero) is 1. The topological polar surface area (TPSA) is 35.5 Å². The first-order valence-electron chi connectivity index (χ1n) is 9.19. The van der Waals surface area contributed by atoms with E-state index in [0.29, 0.717) is 18.6 Å². The van der Waals surface area contributed by atoms with Crippen LogP contribution in [0.2, 0.25) is 0 Å². The molecule has 2 bridgehead atoms. The van der Waals surface area contributed by atoms with Crippen molar-refractivity contribution in [1.82, 2.24) is 0 Å². The van der Waals surface area contributed by atoms with E-state index in [1.807, 2.05) is 36.4 Å². The molecular weight excluding hydrogens is 312 g/mol. The van der Waals surface area contributed by atoms with E-state index in [1.165, 1.54) is 24.8 Å². The molecule has 0 N–H and O–H groups in total. The average Bonchev–Trinajstić information content (AvgIpc) is 3.28. The molecule has 6 rings (SSSR count). The second kappa shape index (κ2) is 7.01. The summed E-state index contributed by atoms with van der Waals surface area (Å²) in [6.45, 7) is 0. The maximum atomic E-state index is 11.8. The summed E-state index contributed by atoms with van der Waals surface area (Å²) in [5.41, 5.74) is 4.41. The fourth-order valence-corrected chi connectivity index (χ4v) is 3.91. The maximum Gasteiger partial charge on any atom is 0.163 e. The van der Waals surface area contributed by atoms with Gasteiger partial charge in [0, 0.05) is 12.0 Å². The molecule has 4 aliphatic rings. The minimum absolute atomic E-state index is 0.280. The SMILES string of the molecule is C1CC2CC1O2.COc1ccc(-c2ccc3c(c2)CCCC3=O)cc1. The van der Waals surface area contributed by atoms with Gasteiger partial charge in [0.1, 0.15) is 5.75 Å². The second-order valence-electron chi connectivity index (χ2n) is 7.07. The summed E-state index contributed by atoms with van der Waals surface area (Å²) in [5, 5.41) is 0. The Balaban J connectivity index is 0.000000217. The lowest BCUT2D eigenvalue weighted by atomic mass is 9.88. The number of ketones is 1. The predicted molar refractivity (Wildman–Crippen MR) is 98.2 cm³/mol. The number of benzene rings is 2. The molecule has 25 heavy (non-hydrogen) atoms. The smallest absolute Gasteiger partial charge is 0.163 e. The molecule has 2 saturated heterocycles. The van der Waals surface area contributed by atoms with Crippen LogP contribution in [0.1, 0.15) is 48.0 Å². The Morgan fingerprint density at radius 2 is 1.64 bits per heavy atom. The highest BCUT2D eigenvalue weighted by Crippen LogP contribution is 2.36. The van der Waals surface area contributed by atoms with E-state index in [1.54, 1.807) is 7.11 Å². The summed E-state index contributed by atoms with van der Waals surface area (Å²) >= 11 is 0. The molecule has 2 atom stereocenters. The molecule has 0 radical (unpaired) electrons. The second-order valence-corrected chi connectivity index (χ2v) is 7.07. The van der Waals surface area contributed by atoms with Crippen LogP contribution in [0.15, 0.2) is 42.5 Å². The molecule has 2 aromatic carbocycles. The fraction of sp³-hybridized carbons (Fsp3) is 0.409. The molecule has 3 nitrogen and oxygen atoms in total. The van der Waals surface area contributed by atoms with Gasteiger partial charge in [-0.1, -0.05) is 30.3 Å². The van der Waals surface area contributed by atoms with Crippen LogP contribution in [0.4, 0.5) is 0 Å². The van der Waals surface area contributed by atoms with E-state index >= 15 is 0 Å². The third kappa shape index (κ3) is 3.47. The van der Waals surface area contributed by atoms with Crippen LogP contribution in [0.25, 0.3) is 11.1 Å². The first-order valence-corrected chi connectivity index (χ1v) is 9.19. The van der Waals surface area contributed by atoms with Gasteiger partial charge in [-0.05, 0) is 60.9 Å². The van der Waals surface area contributed by atoms with Crippen molar-refractivity contribution in [2.45, 2.75) is 50.7 Å². The molecule has 2 aliphatic heterocycles. The van der Waals surface area contributed by atoms with E-state index in [-0.39, 0.29) is 5.78 Å². The highest BCUT2D eigenvalue weighted by Gasteiger charge is 2.36. The van der Waals surface area contributed by atoms with Crippen molar-refractivity contribution < 1.29 is 14.3 Å². The molecule has 2 unspecified atom stereocenters. The third-order valence-electron chi connectivity index (χ3n) is 5.40. The molecule has 0 amide bonds. The van der Waals surface area contributed by atoms with E-state index in [4.69, 9.17) is 9.47 Å². The first-order chi connectivity index (χ1) is 12.2. The molecule has 0 aromatic heterocycles. The Kier molecular flexibility index (Phi) is 4.58. The summed E-state index contributed by atoms with van der Waals surface area (Å²) in [7, 11) is 1.67. The summed E-state index contributed by atoms with van der Waals surface area (Å²) in [4.78, 5) is 11.8. The van der Waals surface area contributed by atoms with Gasteiger partial charge in [0.25, 0.3) is 0 Å². The molecule has 2 aliphatic carbocycles. The summed E-state index contributed by atoms with van der Waals surface area (Å²) in [5.74, 6) is 1.14. The van der Waals surface area contributed by atoms with Crippen molar-refractivity contribution in [2.24, 2.45) is 0 Å². The molecule has 2 aromatic rings. The van der Waals surface area contributed by atoms with E-state index in [0.717, 1.165) is 35.3 Å². The number of aryl methyl sites for hydroxylation is 1. The molecule has 1 saturated carbocycles. The van der Waals surface area contributed by atoms with Crippen LogP contribution in [0.3, 0.4) is 0 Å². The van der Waals surface area contributed by atoms with Crippen molar-refractivity contribution in [3.8, 4) is 16.9 Å². The molecule has 3 fully saturated rings. The number of fused-ring (bicyclic) bond motifs is 2. The zero-order chi connectivity index (χ0) is 17.2. The van der Waals surface area contributed by atoms with Gasteiger partial charge in [-0.15, -0.1) is 0 Å². The monoisotopic (exact) mass is 336 g/mol. The largest absolute Gasteiger partial charge is 0.497 e. The fourth-order valence-electron chi connectivity index (χ4n) is 3.91. The number of hydrogen-bond acceptors (Lipinski definition) is 3. The van der Waals surface area contributed by atoms with Crippen molar-refractivity contribution in [2.75, 3.05) is 7.11 Å². The number of ether oxygens (including phenoxy) is 2. The van der Waals surface area contributed by atoms with Crippen molar-refractivity contribution in [1.29, 1.82) is 0 Å². The number of methoxy groups -OCH3 is 1. The van der Waals surface area contributed by atoms with Crippen LogP contribution >= 0.6 is 0 Å². The third-order valence-corrected chi connectivity index (χ3v) is 5.40. The number of carbonyl (C=O) groups excluding carboxylic acids is 1. The predicted octanol–water partition coefficient (Wildman–Crippen LogP) is 4.82. The van der Waals surface area contributed by atoms with Gasteiger partial charge >= 0.3 is 0 Å². The average molecular weight is 336 g/mol. The van der Waals surface area contributed by atoms with E-state index in [9.17, 15) is 4.79 Å². The first kappa shape index (κ1) is 16.3. The molecular formula is C22H24O3. The Morgan fingerprint density at radius 3 is 2.24 bits per heavy atom. The summed E-state index contributed by atoms with van der Waals surface area (Å²) in [6.07, 6.45) is 8.08. The minimum Gasteiger partial charge on any atom is -0.497 e. The number of rotatable bonds is 2. The lowest BCUT2D eigenvalue weighted by Crippen LogP contribution is -2.25. The van der Waals surface area contributed by atoms with Crippen molar-refractivity contribution >= 4 is 5.78 Å². The Bertz CT molecular complexity index is 744. The highest BCUT2D eigenvalue weighted by molar-refractivity contribution is 5.99. The Labute approximate surface area is 149 Å². The minimum atomic E-state index is 0.280. The normalized spacial score (nSPS) is 23.2. The standard InChI is InChI=1S/C17H16O2.C5H8O/c1-19-15-8-5-12(6-9-15)13-7-10-16-14(11-13)3-2-4-17(16)18;1-2-5-3-4(1)6-5/h5-11H,2-4H2,1H3;4-5H,1-3H2. The van der Waals surface area contributed by atoms with Gasteiger partial charge in [0.2, 0.25) is 0 Å². The van der Waals surface area contributed by atoms with Gasteiger partial charge in [-0.25, -0.2) is 0 Å². The Hall–Kier alpha value is -2.13. The zero-order valence-electron chi connectivity index (χ0n) is 14.7. The van der Waals surface area contributed by atoms with Gasteiger partial charge in [-0.2, -0.15) is 0 Å². The maximum absolute atomic E-state index is 11.8. The molecule has 3 heteroatoms. The lowest BCUT2D eigenvalue weighted by molar-refractivity contribution is -0.0647.